The minimum atomic E-state index is -0.159. The lowest BCUT2D eigenvalue weighted by Gasteiger charge is -2.57. The van der Waals surface area contributed by atoms with Crippen LogP contribution in [0.4, 0.5) is 0 Å². The summed E-state index contributed by atoms with van der Waals surface area (Å²) in [6.45, 7) is 4.86. The van der Waals surface area contributed by atoms with Crippen LogP contribution in [0.3, 0.4) is 0 Å². The molecule has 0 spiro atoms. The zero-order valence-electron chi connectivity index (χ0n) is 16.0. The smallest absolute Gasteiger partial charge is 0.217 e. The molecule has 5 rings (SSSR count). The van der Waals surface area contributed by atoms with Crippen LogP contribution in [0.1, 0.15) is 81.6 Å². The van der Waals surface area contributed by atoms with Crippen molar-refractivity contribution in [3.05, 3.63) is 21.8 Å². The van der Waals surface area contributed by atoms with E-state index in [1.165, 1.54) is 62.2 Å². The van der Waals surface area contributed by atoms with Gasteiger partial charge in [0.25, 0.3) is 0 Å². The van der Waals surface area contributed by atoms with Gasteiger partial charge in [-0.1, -0.05) is 19.1 Å². The van der Waals surface area contributed by atoms with Crippen LogP contribution in [0, 0.1) is 5.41 Å². The third-order valence-electron chi connectivity index (χ3n) is 7.69. The molecule has 1 fully saturated rings. The van der Waals surface area contributed by atoms with Crippen molar-refractivity contribution in [3.63, 3.8) is 0 Å². The lowest BCUT2D eigenvalue weighted by atomic mass is 9.62. The molecule has 0 aromatic carbocycles. The van der Waals surface area contributed by atoms with E-state index < -0.39 is 0 Å². The molecule has 4 aliphatic rings. The molecular formula is C22H31N3O. The van der Waals surface area contributed by atoms with Crippen molar-refractivity contribution in [1.82, 2.24) is 9.47 Å². The van der Waals surface area contributed by atoms with Gasteiger partial charge in [-0.2, -0.15) is 0 Å². The average Bonchev–Trinajstić information content (AvgIpc) is 3.00. The van der Waals surface area contributed by atoms with Gasteiger partial charge in [0.1, 0.15) is 0 Å². The normalized spacial score (nSPS) is 32.2. The number of primary amides is 1. The fraction of sp³-hybridized carbons (Fsp3) is 0.682. The van der Waals surface area contributed by atoms with E-state index in [2.05, 4.69) is 28.5 Å². The van der Waals surface area contributed by atoms with Crippen LogP contribution >= 0.6 is 0 Å². The van der Waals surface area contributed by atoms with Crippen molar-refractivity contribution < 1.29 is 4.79 Å². The minimum Gasteiger partial charge on any atom is -0.370 e. The first kappa shape index (κ1) is 16.6. The summed E-state index contributed by atoms with van der Waals surface area (Å²) in [4.78, 5) is 14.3. The minimum absolute atomic E-state index is 0.159. The number of carbonyl (C=O) groups excluding carboxylic acids is 1. The number of hydrogen-bond acceptors (Lipinski definition) is 2. The van der Waals surface area contributed by atoms with E-state index in [-0.39, 0.29) is 5.91 Å². The molecule has 4 heterocycles. The van der Waals surface area contributed by atoms with Crippen molar-refractivity contribution >= 4 is 18.1 Å². The highest BCUT2D eigenvalue weighted by molar-refractivity contribution is 5.73. The first-order valence-electron chi connectivity index (χ1n) is 10.6. The van der Waals surface area contributed by atoms with E-state index >= 15 is 0 Å². The summed E-state index contributed by atoms with van der Waals surface area (Å²) in [5, 5.41) is 2.97. The summed E-state index contributed by atoms with van der Waals surface area (Å²) in [6.07, 6.45) is 14.9. The Hall–Kier alpha value is -1.55. The number of piperidine rings is 1. The van der Waals surface area contributed by atoms with Crippen LogP contribution in [0.5, 0.6) is 0 Å². The largest absolute Gasteiger partial charge is 0.370 e. The second-order valence-electron chi connectivity index (χ2n) is 8.89. The van der Waals surface area contributed by atoms with Crippen LogP contribution in [0.2, 0.25) is 0 Å². The second-order valence-corrected chi connectivity index (χ2v) is 8.89. The monoisotopic (exact) mass is 353 g/mol. The molecule has 1 saturated heterocycles. The number of carbonyl (C=O) groups is 1. The summed E-state index contributed by atoms with van der Waals surface area (Å²) < 4.78 is 2.67. The van der Waals surface area contributed by atoms with Gasteiger partial charge in [-0.05, 0) is 74.1 Å². The van der Waals surface area contributed by atoms with E-state index in [9.17, 15) is 4.79 Å². The molecule has 3 atom stereocenters. The number of fused-ring (bicyclic) bond motifs is 3. The van der Waals surface area contributed by atoms with E-state index in [0.717, 1.165) is 12.8 Å². The highest BCUT2D eigenvalue weighted by Crippen LogP contribution is 2.57. The number of aromatic nitrogens is 1. The molecule has 2 unspecified atom stereocenters. The van der Waals surface area contributed by atoms with Gasteiger partial charge in [-0.15, -0.1) is 0 Å². The van der Waals surface area contributed by atoms with Crippen molar-refractivity contribution in [3.8, 4) is 0 Å². The predicted octanol–water partition coefficient (Wildman–Crippen LogP) is 2.14. The molecular weight excluding hydrogens is 322 g/mol. The average molecular weight is 354 g/mol. The summed E-state index contributed by atoms with van der Waals surface area (Å²) in [6, 6.07) is 1.01. The van der Waals surface area contributed by atoms with Gasteiger partial charge >= 0.3 is 0 Å². The van der Waals surface area contributed by atoms with E-state index in [1.807, 2.05) is 0 Å². The first-order chi connectivity index (χ1) is 12.6. The van der Waals surface area contributed by atoms with E-state index in [0.29, 0.717) is 23.9 Å². The number of amides is 1. The van der Waals surface area contributed by atoms with Crippen LogP contribution in [-0.2, 0) is 11.2 Å². The van der Waals surface area contributed by atoms with Gasteiger partial charge in [0.2, 0.25) is 5.91 Å². The van der Waals surface area contributed by atoms with Crippen molar-refractivity contribution in [2.45, 2.75) is 76.8 Å². The Morgan fingerprint density at radius 1 is 1.31 bits per heavy atom. The van der Waals surface area contributed by atoms with Gasteiger partial charge in [0.05, 0.1) is 6.04 Å². The molecule has 1 aromatic rings. The Morgan fingerprint density at radius 3 is 2.96 bits per heavy atom. The first-order valence-corrected chi connectivity index (χ1v) is 10.6. The topological polar surface area (TPSA) is 51.3 Å². The molecule has 4 heteroatoms. The van der Waals surface area contributed by atoms with Crippen LogP contribution in [0.25, 0.3) is 12.2 Å². The standard InChI is InChI=1S/C22H31N3O/c1-2-22-11-5-12-24-13-10-17-16-6-3-4-7-18(16)25(20(17)21(22)24)15(14-22)8-9-19(23)26/h6-7,15,21H,2-5,8-14H2,1H3,(H2,23,26)/t15?,21?,22-/m0/s1. The summed E-state index contributed by atoms with van der Waals surface area (Å²) in [7, 11) is 0. The third-order valence-corrected chi connectivity index (χ3v) is 7.69. The predicted molar refractivity (Wildman–Crippen MR) is 104 cm³/mol. The zero-order valence-corrected chi connectivity index (χ0v) is 16.0. The van der Waals surface area contributed by atoms with Crippen LogP contribution < -0.4 is 16.3 Å². The van der Waals surface area contributed by atoms with Crippen LogP contribution in [0.15, 0.2) is 0 Å². The van der Waals surface area contributed by atoms with Crippen molar-refractivity contribution in [2.24, 2.45) is 11.1 Å². The molecule has 1 aliphatic carbocycles. The molecule has 3 aliphatic heterocycles. The molecule has 4 nitrogen and oxygen atoms in total. The molecule has 0 bridgehead atoms. The highest BCUT2D eigenvalue weighted by Gasteiger charge is 2.52. The lowest BCUT2D eigenvalue weighted by molar-refractivity contribution is -0.118. The molecule has 0 saturated carbocycles. The fourth-order valence-electron chi connectivity index (χ4n) is 6.61. The molecule has 0 radical (unpaired) electrons. The molecule has 26 heavy (non-hydrogen) atoms. The maximum absolute atomic E-state index is 11.5. The Kier molecular flexibility index (Phi) is 3.82. The second kappa shape index (κ2) is 5.98. The summed E-state index contributed by atoms with van der Waals surface area (Å²) >= 11 is 0. The van der Waals surface area contributed by atoms with Crippen molar-refractivity contribution in [2.75, 3.05) is 13.1 Å². The van der Waals surface area contributed by atoms with Gasteiger partial charge < -0.3 is 10.3 Å². The number of nitrogens with zero attached hydrogens (tertiary/aromatic N) is 2. The third kappa shape index (κ3) is 2.20. The molecule has 1 amide bonds. The number of hydrogen-bond donors (Lipinski definition) is 1. The van der Waals surface area contributed by atoms with E-state index in [4.69, 9.17) is 5.73 Å². The summed E-state index contributed by atoms with van der Waals surface area (Å²) in [5.41, 5.74) is 9.15. The van der Waals surface area contributed by atoms with Gasteiger partial charge in [0.15, 0.2) is 0 Å². The highest BCUT2D eigenvalue weighted by atomic mass is 16.1. The Bertz CT molecular complexity index is 867. The number of rotatable bonds is 4. The molecule has 140 valence electrons. The fourth-order valence-corrected chi connectivity index (χ4v) is 6.61. The van der Waals surface area contributed by atoms with Gasteiger partial charge in [-0.25, -0.2) is 0 Å². The van der Waals surface area contributed by atoms with Crippen LogP contribution in [-0.4, -0.2) is 28.5 Å². The molecule has 2 N–H and O–H groups in total. The SMILES string of the molecule is CC[C@]12CCCN3CCc4c(n(c5c4=CCCC=5)C(CCC(N)=O)C1)C32. The zero-order chi connectivity index (χ0) is 17.9. The maximum Gasteiger partial charge on any atom is 0.217 e. The Morgan fingerprint density at radius 2 is 2.15 bits per heavy atom. The lowest BCUT2D eigenvalue weighted by Crippen LogP contribution is -2.53. The number of nitrogens with two attached hydrogens (primary N) is 1. The summed E-state index contributed by atoms with van der Waals surface area (Å²) in [5.74, 6) is -0.159. The Labute approximate surface area is 155 Å². The Balaban J connectivity index is 1.74. The quantitative estimate of drug-likeness (QED) is 0.902. The van der Waals surface area contributed by atoms with Crippen molar-refractivity contribution in [1.29, 1.82) is 0 Å². The maximum atomic E-state index is 11.5. The molecule has 1 aromatic heterocycles. The van der Waals surface area contributed by atoms with E-state index in [1.54, 1.807) is 11.3 Å². The van der Waals surface area contributed by atoms with Gasteiger partial charge in [-0.3, -0.25) is 9.69 Å². The van der Waals surface area contributed by atoms with Gasteiger partial charge in [0, 0.05) is 30.1 Å².